The second-order valence-corrected chi connectivity index (χ2v) is 5.05. The van der Waals surface area contributed by atoms with Crippen LogP contribution in [0.5, 0.6) is 0 Å². The zero-order valence-electron chi connectivity index (χ0n) is 13.7. The largest absolute Gasteiger partial charge is 0.468 e. The maximum absolute atomic E-state index is 12.3. The Labute approximate surface area is 145 Å². The SMILES string of the molecule is COC(=O)CNC(=O)C(=Cc1ccccc1)NC(=O)c1ccccc1. The molecule has 0 aliphatic rings. The normalized spacial score (nSPS) is 10.7. The van der Waals surface area contributed by atoms with Crippen LogP contribution in [0, 0.1) is 0 Å². The van der Waals surface area contributed by atoms with Crippen molar-refractivity contribution in [2.24, 2.45) is 0 Å². The molecule has 0 radical (unpaired) electrons. The Kier molecular flexibility index (Phi) is 6.47. The zero-order valence-corrected chi connectivity index (χ0v) is 13.7. The summed E-state index contributed by atoms with van der Waals surface area (Å²) in [5.41, 5.74) is 1.19. The lowest BCUT2D eigenvalue weighted by Crippen LogP contribution is -2.37. The molecule has 0 unspecified atom stereocenters. The van der Waals surface area contributed by atoms with E-state index in [2.05, 4.69) is 15.4 Å². The highest BCUT2D eigenvalue weighted by molar-refractivity contribution is 6.05. The van der Waals surface area contributed by atoms with E-state index in [1.165, 1.54) is 13.2 Å². The van der Waals surface area contributed by atoms with Gasteiger partial charge in [0.05, 0.1) is 7.11 Å². The molecule has 2 aromatic carbocycles. The Morgan fingerprint density at radius 1 is 0.960 bits per heavy atom. The third-order valence-electron chi connectivity index (χ3n) is 3.26. The van der Waals surface area contributed by atoms with Crippen molar-refractivity contribution in [1.29, 1.82) is 0 Å². The average Bonchev–Trinajstić information content (AvgIpc) is 2.66. The molecule has 25 heavy (non-hydrogen) atoms. The summed E-state index contributed by atoms with van der Waals surface area (Å²) in [6.07, 6.45) is 1.54. The van der Waals surface area contributed by atoms with E-state index in [0.717, 1.165) is 5.56 Å². The summed E-state index contributed by atoms with van der Waals surface area (Å²) in [5.74, 6) is -1.59. The van der Waals surface area contributed by atoms with Crippen molar-refractivity contribution in [3.05, 3.63) is 77.5 Å². The van der Waals surface area contributed by atoms with Gasteiger partial charge >= 0.3 is 5.97 Å². The van der Waals surface area contributed by atoms with Gasteiger partial charge in [-0.3, -0.25) is 14.4 Å². The number of hydrogen-bond donors (Lipinski definition) is 2. The predicted octanol–water partition coefficient (Wildman–Crippen LogP) is 1.75. The minimum absolute atomic E-state index is 0.0314. The Morgan fingerprint density at radius 3 is 2.16 bits per heavy atom. The summed E-state index contributed by atoms with van der Waals surface area (Å²) in [4.78, 5) is 35.9. The van der Waals surface area contributed by atoms with Crippen molar-refractivity contribution in [2.75, 3.05) is 13.7 Å². The van der Waals surface area contributed by atoms with Gasteiger partial charge in [-0.1, -0.05) is 48.5 Å². The summed E-state index contributed by atoms with van der Waals surface area (Å²) >= 11 is 0. The van der Waals surface area contributed by atoms with Crippen molar-refractivity contribution in [2.45, 2.75) is 0 Å². The minimum atomic E-state index is -0.585. The maximum atomic E-state index is 12.3. The summed E-state index contributed by atoms with van der Waals surface area (Å²) in [6.45, 7) is -0.289. The van der Waals surface area contributed by atoms with E-state index < -0.39 is 17.8 Å². The highest BCUT2D eigenvalue weighted by atomic mass is 16.5. The second-order valence-electron chi connectivity index (χ2n) is 5.05. The number of carbonyl (C=O) groups excluding carboxylic acids is 3. The van der Waals surface area contributed by atoms with Crippen molar-refractivity contribution in [3.8, 4) is 0 Å². The highest BCUT2D eigenvalue weighted by Gasteiger charge is 2.15. The lowest BCUT2D eigenvalue weighted by Gasteiger charge is -2.10. The lowest BCUT2D eigenvalue weighted by atomic mass is 10.1. The Balaban J connectivity index is 2.20. The van der Waals surface area contributed by atoms with E-state index in [1.807, 2.05) is 18.2 Å². The van der Waals surface area contributed by atoms with Gasteiger partial charge in [0.2, 0.25) is 0 Å². The number of hydrogen-bond acceptors (Lipinski definition) is 4. The summed E-state index contributed by atoms with van der Waals surface area (Å²) in [6, 6.07) is 17.6. The molecule has 0 saturated heterocycles. The molecule has 2 aromatic rings. The fourth-order valence-electron chi connectivity index (χ4n) is 1.98. The molecule has 6 heteroatoms. The van der Waals surface area contributed by atoms with Crippen molar-refractivity contribution < 1.29 is 19.1 Å². The Morgan fingerprint density at radius 2 is 1.56 bits per heavy atom. The van der Waals surface area contributed by atoms with Crippen LogP contribution in [0.2, 0.25) is 0 Å². The Hall–Kier alpha value is -3.41. The molecule has 0 aromatic heterocycles. The lowest BCUT2D eigenvalue weighted by molar-refractivity contribution is -0.140. The van der Waals surface area contributed by atoms with Gasteiger partial charge in [0.1, 0.15) is 12.2 Å². The molecule has 2 amide bonds. The number of ether oxygens (including phenoxy) is 1. The van der Waals surface area contributed by atoms with Crippen molar-refractivity contribution >= 4 is 23.9 Å². The summed E-state index contributed by atoms with van der Waals surface area (Å²) in [5, 5.41) is 5.00. The van der Waals surface area contributed by atoms with Gasteiger partial charge < -0.3 is 15.4 Å². The number of esters is 1. The molecule has 2 rings (SSSR count). The smallest absolute Gasteiger partial charge is 0.325 e. The second kappa shape index (κ2) is 9.02. The molecule has 2 N–H and O–H groups in total. The molecule has 0 aliphatic heterocycles. The maximum Gasteiger partial charge on any atom is 0.325 e. The van der Waals surface area contributed by atoms with Crippen LogP contribution in [-0.4, -0.2) is 31.4 Å². The van der Waals surface area contributed by atoms with Crippen LogP contribution < -0.4 is 10.6 Å². The van der Waals surface area contributed by atoms with Gasteiger partial charge in [-0.05, 0) is 23.8 Å². The Bertz CT molecular complexity index is 771. The first-order chi connectivity index (χ1) is 12.1. The van der Waals surface area contributed by atoms with Crippen molar-refractivity contribution in [1.82, 2.24) is 10.6 Å². The fourth-order valence-corrected chi connectivity index (χ4v) is 1.98. The zero-order chi connectivity index (χ0) is 18.1. The van der Waals surface area contributed by atoms with Gasteiger partial charge in [-0.15, -0.1) is 0 Å². The first-order valence-electron chi connectivity index (χ1n) is 7.58. The third-order valence-corrected chi connectivity index (χ3v) is 3.26. The van der Waals surface area contributed by atoms with Crippen LogP contribution >= 0.6 is 0 Å². The molecule has 0 aliphatic carbocycles. The van der Waals surface area contributed by atoms with Crippen LogP contribution in [0.1, 0.15) is 15.9 Å². The van der Waals surface area contributed by atoms with E-state index in [0.29, 0.717) is 5.56 Å². The molecular formula is C19H18N2O4. The predicted molar refractivity (Wildman–Crippen MR) is 93.4 cm³/mol. The summed E-state index contributed by atoms with van der Waals surface area (Å²) in [7, 11) is 1.23. The molecule has 0 heterocycles. The van der Waals surface area contributed by atoms with Crippen LogP contribution in [-0.2, 0) is 14.3 Å². The number of carbonyl (C=O) groups is 3. The number of amides is 2. The van der Waals surface area contributed by atoms with Gasteiger partial charge in [0.15, 0.2) is 0 Å². The van der Waals surface area contributed by atoms with Gasteiger partial charge in [-0.25, -0.2) is 0 Å². The van der Waals surface area contributed by atoms with E-state index in [4.69, 9.17) is 0 Å². The number of rotatable bonds is 6. The molecule has 0 fully saturated rings. The molecule has 128 valence electrons. The standard InChI is InChI=1S/C19H18N2O4/c1-25-17(22)13-20-19(24)16(12-14-8-4-2-5-9-14)21-18(23)15-10-6-3-7-11-15/h2-12H,13H2,1H3,(H,20,24)(H,21,23). The quantitative estimate of drug-likeness (QED) is 0.621. The van der Waals surface area contributed by atoms with E-state index in [-0.39, 0.29) is 12.2 Å². The molecule has 0 atom stereocenters. The highest BCUT2D eigenvalue weighted by Crippen LogP contribution is 2.07. The fraction of sp³-hybridized carbons (Fsp3) is 0.105. The number of benzene rings is 2. The molecule has 6 nitrogen and oxygen atoms in total. The summed E-state index contributed by atoms with van der Waals surface area (Å²) < 4.78 is 4.49. The first-order valence-corrected chi connectivity index (χ1v) is 7.58. The molecule has 0 spiro atoms. The van der Waals surface area contributed by atoms with E-state index >= 15 is 0 Å². The monoisotopic (exact) mass is 338 g/mol. The van der Waals surface area contributed by atoms with E-state index in [9.17, 15) is 14.4 Å². The molecule has 0 saturated carbocycles. The van der Waals surface area contributed by atoms with Crippen molar-refractivity contribution in [3.63, 3.8) is 0 Å². The van der Waals surface area contributed by atoms with E-state index in [1.54, 1.807) is 42.5 Å². The third kappa shape index (κ3) is 5.62. The van der Waals surface area contributed by atoms with Crippen LogP contribution in [0.25, 0.3) is 6.08 Å². The molecular weight excluding hydrogens is 320 g/mol. The van der Waals surface area contributed by atoms with Crippen LogP contribution in [0.3, 0.4) is 0 Å². The molecule has 0 bridgehead atoms. The topological polar surface area (TPSA) is 84.5 Å². The number of methoxy groups -OCH3 is 1. The number of nitrogens with one attached hydrogen (secondary N) is 2. The average molecular weight is 338 g/mol. The van der Waals surface area contributed by atoms with Gasteiger partial charge in [0.25, 0.3) is 11.8 Å². The van der Waals surface area contributed by atoms with Gasteiger partial charge in [0, 0.05) is 5.56 Å². The van der Waals surface area contributed by atoms with Crippen LogP contribution in [0.15, 0.2) is 66.4 Å². The first kappa shape index (κ1) is 17.9. The van der Waals surface area contributed by atoms with Crippen LogP contribution in [0.4, 0.5) is 0 Å². The minimum Gasteiger partial charge on any atom is -0.468 e. The van der Waals surface area contributed by atoms with Gasteiger partial charge in [-0.2, -0.15) is 0 Å².